The van der Waals surface area contributed by atoms with Crippen LogP contribution in [0.15, 0.2) is 18.2 Å². The molecule has 0 spiro atoms. The summed E-state index contributed by atoms with van der Waals surface area (Å²) in [7, 11) is 0. The minimum absolute atomic E-state index is 0.000191. The summed E-state index contributed by atoms with van der Waals surface area (Å²) in [5.41, 5.74) is 3.80. The maximum absolute atomic E-state index is 13.0. The van der Waals surface area contributed by atoms with Gasteiger partial charge in [-0.1, -0.05) is 11.6 Å². The highest BCUT2D eigenvalue weighted by Crippen LogP contribution is 2.31. The van der Waals surface area contributed by atoms with E-state index in [9.17, 15) is 4.79 Å². The van der Waals surface area contributed by atoms with E-state index in [0.29, 0.717) is 11.6 Å². The van der Waals surface area contributed by atoms with Crippen LogP contribution in [0.3, 0.4) is 0 Å². The molecule has 2 aromatic rings. The van der Waals surface area contributed by atoms with Crippen molar-refractivity contribution in [2.75, 3.05) is 39.4 Å². The van der Waals surface area contributed by atoms with Crippen molar-refractivity contribution in [1.82, 2.24) is 15.2 Å². The van der Waals surface area contributed by atoms with Gasteiger partial charge < -0.3 is 10.1 Å². The summed E-state index contributed by atoms with van der Waals surface area (Å²) in [6, 6.07) is 5.61. The zero-order valence-corrected chi connectivity index (χ0v) is 15.6. The number of aromatic nitrogens is 1. The van der Waals surface area contributed by atoms with Crippen LogP contribution in [-0.2, 0) is 17.6 Å². The van der Waals surface area contributed by atoms with Gasteiger partial charge in [0.2, 0.25) is 0 Å². The fraction of sp³-hybridized carbons (Fsp3) is 0.500. The van der Waals surface area contributed by atoms with Gasteiger partial charge in [-0.05, 0) is 56.0 Å². The minimum Gasteiger partial charge on any atom is -0.379 e. The van der Waals surface area contributed by atoms with Crippen molar-refractivity contribution in [3.05, 3.63) is 40.0 Å². The molecule has 2 heterocycles. The van der Waals surface area contributed by atoms with E-state index >= 15 is 0 Å². The van der Waals surface area contributed by atoms with E-state index in [1.807, 2.05) is 18.2 Å². The van der Waals surface area contributed by atoms with Crippen molar-refractivity contribution < 1.29 is 9.53 Å². The van der Waals surface area contributed by atoms with Gasteiger partial charge in [-0.2, -0.15) is 0 Å². The molecule has 5 nitrogen and oxygen atoms in total. The molecular weight excluding hydrogens is 350 g/mol. The van der Waals surface area contributed by atoms with Crippen LogP contribution in [-0.4, -0.2) is 55.2 Å². The number of fused-ring (bicyclic) bond motifs is 2. The summed E-state index contributed by atoms with van der Waals surface area (Å²) in [6.45, 7) is 5.24. The van der Waals surface area contributed by atoms with Crippen LogP contribution < -0.4 is 5.32 Å². The summed E-state index contributed by atoms with van der Waals surface area (Å²) in [6.07, 6.45) is 3.87. The zero-order valence-electron chi connectivity index (χ0n) is 14.9. The third-order valence-corrected chi connectivity index (χ3v) is 5.48. The Bertz CT molecular complexity index is 818. The lowest BCUT2D eigenvalue weighted by atomic mass is 10.0. The molecule has 0 atom stereocenters. The summed E-state index contributed by atoms with van der Waals surface area (Å²) >= 11 is 6.18. The number of hydrogen-bond donors (Lipinski definition) is 1. The molecule has 0 radical (unpaired) electrons. The number of aryl methyl sites for hydroxylation is 1. The number of amides is 1. The highest BCUT2D eigenvalue weighted by molar-refractivity contribution is 6.31. The number of carbonyl (C=O) groups is 1. The van der Waals surface area contributed by atoms with Crippen molar-refractivity contribution in [2.45, 2.75) is 25.7 Å². The van der Waals surface area contributed by atoms with E-state index < -0.39 is 0 Å². The standard InChI is InChI=1S/C20H24ClN3O2/c21-14-5-6-18-16(13-14)19(15-3-1-4-17(15)23-18)20(25)22-7-2-8-24-9-11-26-12-10-24/h5-6,13H,1-4,7-12H2,(H,22,25). The van der Waals surface area contributed by atoms with Gasteiger partial charge in [-0.3, -0.25) is 14.7 Å². The quantitative estimate of drug-likeness (QED) is 0.819. The number of ether oxygens (including phenoxy) is 1. The second kappa shape index (κ2) is 7.91. The van der Waals surface area contributed by atoms with Crippen LogP contribution in [0.1, 0.15) is 34.5 Å². The van der Waals surface area contributed by atoms with Gasteiger partial charge in [-0.15, -0.1) is 0 Å². The molecule has 1 aromatic carbocycles. The average molecular weight is 374 g/mol. The predicted molar refractivity (Wildman–Crippen MR) is 103 cm³/mol. The first-order valence-corrected chi connectivity index (χ1v) is 9.79. The molecule has 138 valence electrons. The first kappa shape index (κ1) is 17.7. The van der Waals surface area contributed by atoms with Crippen LogP contribution in [0.25, 0.3) is 10.9 Å². The van der Waals surface area contributed by atoms with Crippen molar-refractivity contribution in [3.8, 4) is 0 Å². The summed E-state index contributed by atoms with van der Waals surface area (Å²) in [4.78, 5) is 20.1. The lowest BCUT2D eigenvalue weighted by Gasteiger charge is -2.26. The maximum Gasteiger partial charge on any atom is 0.252 e. The van der Waals surface area contributed by atoms with Gasteiger partial charge in [0, 0.05) is 35.7 Å². The molecule has 1 aliphatic carbocycles. The van der Waals surface area contributed by atoms with E-state index in [1.54, 1.807) is 0 Å². The van der Waals surface area contributed by atoms with Crippen molar-refractivity contribution in [3.63, 3.8) is 0 Å². The van der Waals surface area contributed by atoms with Gasteiger partial charge in [0.05, 0.1) is 24.3 Å². The molecule has 1 N–H and O–H groups in total. The molecule has 1 saturated heterocycles. The van der Waals surface area contributed by atoms with Crippen LogP contribution in [0.2, 0.25) is 5.02 Å². The maximum atomic E-state index is 13.0. The Morgan fingerprint density at radius 1 is 1.27 bits per heavy atom. The molecular formula is C20H24ClN3O2. The van der Waals surface area contributed by atoms with E-state index in [1.165, 1.54) is 0 Å². The Labute approximate surface area is 158 Å². The first-order chi connectivity index (χ1) is 12.7. The Morgan fingerprint density at radius 3 is 2.96 bits per heavy atom. The van der Waals surface area contributed by atoms with Gasteiger partial charge in [0.15, 0.2) is 0 Å². The molecule has 6 heteroatoms. The normalized spacial score (nSPS) is 17.4. The van der Waals surface area contributed by atoms with Crippen LogP contribution in [0.4, 0.5) is 0 Å². The Morgan fingerprint density at radius 2 is 2.12 bits per heavy atom. The largest absolute Gasteiger partial charge is 0.379 e. The molecule has 1 fully saturated rings. The number of halogens is 1. The summed E-state index contributed by atoms with van der Waals surface area (Å²) in [5.74, 6) is -0.000191. The van der Waals surface area contributed by atoms with Crippen molar-refractivity contribution in [1.29, 1.82) is 0 Å². The van der Waals surface area contributed by atoms with Crippen LogP contribution >= 0.6 is 11.6 Å². The van der Waals surface area contributed by atoms with Crippen LogP contribution in [0.5, 0.6) is 0 Å². The van der Waals surface area contributed by atoms with Crippen molar-refractivity contribution in [2.24, 2.45) is 0 Å². The third kappa shape index (κ3) is 3.70. The smallest absolute Gasteiger partial charge is 0.252 e. The molecule has 2 aliphatic rings. The second-order valence-electron chi connectivity index (χ2n) is 6.99. The molecule has 0 unspecified atom stereocenters. The Kier molecular flexibility index (Phi) is 5.38. The number of rotatable bonds is 5. The molecule has 0 saturated carbocycles. The molecule has 1 amide bonds. The number of pyridine rings is 1. The van der Waals surface area contributed by atoms with Crippen molar-refractivity contribution >= 4 is 28.4 Å². The molecule has 4 rings (SSSR count). The second-order valence-corrected chi connectivity index (χ2v) is 7.43. The minimum atomic E-state index is -0.000191. The zero-order chi connectivity index (χ0) is 17.9. The highest BCUT2D eigenvalue weighted by atomic mass is 35.5. The fourth-order valence-electron chi connectivity index (χ4n) is 3.91. The number of nitrogens with one attached hydrogen (secondary N) is 1. The van der Waals surface area contributed by atoms with E-state index in [0.717, 1.165) is 86.3 Å². The number of morpholine rings is 1. The van der Waals surface area contributed by atoms with Gasteiger partial charge in [0.1, 0.15) is 0 Å². The Balaban J connectivity index is 1.48. The highest BCUT2D eigenvalue weighted by Gasteiger charge is 2.23. The predicted octanol–water partition coefficient (Wildman–Crippen LogP) is 2.83. The molecule has 1 aliphatic heterocycles. The van der Waals surface area contributed by atoms with Gasteiger partial charge in [0.25, 0.3) is 5.91 Å². The van der Waals surface area contributed by atoms with E-state index in [-0.39, 0.29) is 5.91 Å². The van der Waals surface area contributed by atoms with Gasteiger partial charge in [-0.25, -0.2) is 0 Å². The first-order valence-electron chi connectivity index (χ1n) is 9.42. The summed E-state index contributed by atoms with van der Waals surface area (Å²) in [5, 5.41) is 4.61. The molecule has 0 bridgehead atoms. The number of benzene rings is 1. The van der Waals surface area contributed by atoms with E-state index in [2.05, 4.69) is 10.2 Å². The Hall–Kier alpha value is -1.69. The summed E-state index contributed by atoms with van der Waals surface area (Å²) < 4.78 is 5.37. The topological polar surface area (TPSA) is 54.5 Å². The molecule has 26 heavy (non-hydrogen) atoms. The third-order valence-electron chi connectivity index (χ3n) is 5.24. The van der Waals surface area contributed by atoms with Crippen LogP contribution in [0, 0.1) is 0 Å². The lowest BCUT2D eigenvalue weighted by Crippen LogP contribution is -2.38. The lowest BCUT2D eigenvalue weighted by molar-refractivity contribution is 0.0374. The van der Waals surface area contributed by atoms with E-state index in [4.69, 9.17) is 21.3 Å². The number of nitrogens with zero attached hydrogens (tertiary/aromatic N) is 2. The monoisotopic (exact) mass is 373 g/mol. The fourth-order valence-corrected chi connectivity index (χ4v) is 4.08. The SMILES string of the molecule is O=C(NCCCN1CCOCC1)c1c2c(nc3ccc(Cl)cc13)CCC2. The average Bonchev–Trinajstić information content (AvgIpc) is 3.12. The van der Waals surface area contributed by atoms with Gasteiger partial charge >= 0.3 is 0 Å². The molecule has 1 aromatic heterocycles. The number of carbonyl (C=O) groups excluding carboxylic acids is 1. The number of hydrogen-bond acceptors (Lipinski definition) is 4.